The number of halogens is 1. The van der Waals surface area contributed by atoms with Gasteiger partial charge < -0.3 is 15.7 Å². The smallest absolute Gasteiger partial charge is 0.319 e. The standard InChI is InChI=1S/C14H22ClN3O2/c1-9(2)12(19)14(3,4)8-17-13(20)18-10-5-6-16-11(15)7-10/h5-7,9,12,19H,8H2,1-4H3,(H2,16,17,18,20). The largest absolute Gasteiger partial charge is 0.392 e. The second-order valence-corrected chi connectivity index (χ2v) is 6.24. The number of nitrogens with one attached hydrogen (secondary N) is 2. The number of hydrogen-bond donors (Lipinski definition) is 3. The fourth-order valence-electron chi connectivity index (χ4n) is 1.97. The highest BCUT2D eigenvalue weighted by Crippen LogP contribution is 2.25. The van der Waals surface area contributed by atoms with Crippen molar-refractivity contribution in [3.63, 3.8) is 0 Å². The van der Waals surface area contributed by atoms with Crippen molar-refractivity contribution in [2.75, 3.05) is 11.9 Å². The predicted molar refractivity (Wildman–Crippen MR) is 80.9 cm³/mol. The van der Waals surface area contributed by atoms with Crippen molar-refractivity contribution < 1.29 is 9.90 Å². The second kappa shape index (κ2) is 6.90. The second-order valence-electron chi connectivity index (χ2n) is 5.85. The molecule has 0 aliphatic rings. The van der Waals surface area contributed by atoms with Crippen molar-refractivity contribution in [3.05, 3.63) is 23.5 Å². The summed E-state index contributed by atoms with van der Waals surface area (Å²) in [4.78, 5) is 15.6. The predicted octanol–water partition coefficient (Wildman–Crippen LogP) is 2.90. The number of aliphatic hydroxyl groups is 1. The Morgan fingerprint density at radius 1 is 1.50 bits per heavy atom. The first-order valence-corrected chi connectivity index (χ1v) is 6.94. The van der Waals surface area contributed by atoms with Gasteiger partial charge in [0.25, 0.3) is 0 Å². The normalized spacial score (nSPS) is 13.2. The van der Waals surface area contributed by atoms with Crippen LogP contribution in [0, 0.1) is 11.3 Å². The van der Waals surface area contributed by atoms with Crippen LogP contribution in [0.25, 0.3) is 0 Å². The van der Waals surface area contributed by atoms with Crippen LogP contribution < -0.4 is 10.6 Å². The first-order chi connectivity index (χ1) is 9.22. The Kier molecular flexibility index (Phi) is 5.77. The summed E-state index contributed by atoms with van der Waals surface area (Å²) in [6.07, 6.45) is 1.03. The van der Waals surface area contributed by atoms with Gasteiger partial charge in [-0.15, -0.1) is 0 Å². The SMILES string of the molecule is CC(C)C(O)C(C)(C)CNC(=O)Nc1ccnc(Cl)c1. The van der Waals surface area contributed by atoms with Crippen molar-refractivity contribution in [2.45, 2.75) is 33.8 Å². The highest BCUT2D eigenvalue weighted by molar-refractivity contribution is 6.29. The summed E-state index contributed by atoms with van der Waals surface area (Å²) in [6, 6.07) is 2.88. The van der Waals surface area contributed by atoms with E-state index in [2.05, 4.69) is 15.6 Å². The van der Waals surface area contributed by atoms with Crippen LogP contribution in [0.2, 0.25) is 5.15 Å². The number of aliphatic hydroxyl groups excluding tert-OH is 1. The van der Waals surface area contributed by atoms with Crippen LogP contribution in [0.15, 0.2) is 18.3 Å². The van der Waals surface area contributed by atoms with Gasteiger partial charge in [-0.1, -0.05) is 39.3 Å². The summed E-state index contributed by atoms with van der Waals surface area (Å²) in [5.74, 6) is 0.133. The summed E-state index contributed by atoms with van der Waals surface area (Å²) >= 11 is 5.74. The maximum Gasteiger partial charge on any atom is 0.319 e. The van der Waals surface area contributed by atoms with E-state index in [-0.39, 0.29) is 11.9 Å². The summed E-state index contributed by atoms with van der Waals surface area (Å²) in [5.41, 5.74) is 0.172. The molecule has 0 spiro atoms. The maximum absolute atomic E-state index is 11.8. The molecule has 0 radical (unpaired) electrons. The molecule has 20 heavy (non-hydrogen) atoms. The fourth-order valence-corrected chi connectivity index (χ4v) is 2.14. The molecule has 5 nitrogen and oxygen atoms in total. The number of anilines is 1. The maximum atomic E-state index is 11.8. The topological polar surface area (TPSA) is 74.2 Å². The lowest BCUT2D eigenvalue weighted by Gasteiger charge is -2.33. The van der Waals surface area contributed by atoms with Crippen LogP contribution in [0.5, 0.6) is 0 Å². The number of hydrogen-bond acceptors (Lipinski definition) is 3. The number of carbonyl (C=O) groups is 1. The summed E-state index contributed by atoms with van der Waals surface area (Å²) < 4.78 is 0. The van der Waals surface area contributed by atoms with Crippen LogP contribution in [0.1, 0.15) is 27.7 Å². The lowest BCUT2D eigenvalue weighted by molar-refractivity contribution is 0.0154. The molecule has 1 atom stereocenters. The molecule has 1 unspecified atom stereocenters. The van der Waals surface area contributed by atoms with E-state index in [1.165, 1.54) is 6.20 Å². The fraction of sp³-hybridized carbons (Fsp3) is 0.571. The molecule has 2 amide bonds. The third-order valence-corrected chi connectivity index (χ3v) is 3.33. The first-order valence-electron chi connectivity index (χ1n) is 6.57. The molecule has 6 heteroatoms. The van der Waals surface area contributed by atoms with Crippen molar-refractivity contribution >= 4 is 23.3 Å². The van der Waals surface area contributed by atoms with Crippen molar-refractivity contribution in [1.82, 2.24) is 10.3 Å². The van der Waals surface area contributed by atoms with E-state index in [0.717, 1.165) is 0 Å². The van der Waals surface area contributed by atoms with Crippen LogP contribution in [0.4, 0.5) is 10.5 Å². The molecule has 0 aliphatic carbocycles. The molecule has 1 heterocycles. The van der Waals surface area contributed by atoms with E-state index in [9.17, 15) is 9.90 Å². The number of amides is 2. The lowest BCUT2D eigenvalue weighted by atomic mass is 9.81. The van der Waals surface area contributed by atoms with Crippen LogP contribution in [-0.2, 0) is 0 Å². The molecular weight excluding hydrogens is 278 g/mol. The van der Waals surface area contributed by atoms with Gasteiger partial charge in [-0.2, -0.15) is 0 Å². The van der Waals surface area contributed by atoms with Gasteiger partial charge in [0.2, 0.25) is 0 Å². The van der Waals surface area contributed by atoms with Gasteiger partial charge in [-0.3, -0.25) is 0 Å². The number of carbonyl (C=O) groups excluding carboxylic acids is 1. The van der Waals surface area contributed by atoms with E-state index in [1.54, 1.807) is 12.1 Å². The Labute approximate surface area is 124 Å². The third-order valence-electron chi connectivity index (χ3n) is 3.12. The van der Waals surface area contributed by atoms with E-state index in [0.29, 0.717) is 17.4 Å². The molecule has 0 fully saturated rings. The number of pyridine rings is 1. The van der Waals surface area contributed by atoms with Crippen LogP contribution in [0.3, 0.4) is 0 Å². The van der Waals surface area contributed by atoms with E-state index < -0.39 is 11.5 Å². The molecule has 0 aromatic carbocycles. The Bertz CT molecular complexity index is 463. The third kappa shape index (κ3) is 4.98. The number of urea groups is 1. The average molecular weight is 300 g/mol. The van der Waals surface area contributed by atoms with Gasteiger partial charge in [0.1, 0.15) is 5.15 Å². The molecule has 0 saturated carbocycles. The zero-order valence-corrected chi connectivity index (χ0v) is 13.0. The molecule has 1 aromatic rings. The van der Waals surface area contributed by atoms with Crippen molar-refractivity contribution in [2.24, 2.45) is 11.3 Å². The number of aromatic nitrogens is 1. The molecule has 3 N–H and O–H groups in total. The molecule has 1 aromatic heterocycles. The van der Waals surface area contributed by atoms with E-state index in [4.69, 9.17) is 11.6 Å². The molecule has 0 saturated heterocycles. The summed E-state index contributed by atoms with van der Waals surface area (Å²) in [7, 11) is 0. The molecule has 0 bridgehead atoms. The highest BCUT2D eigenvalue weighted by Gasteiger charge is 2.30. The quantitative estimate of drug-likeness (QED) is 0.732. The minimum Gasteiger partial charge on any atom is -0.392 e. The molecule has 0 aliphatic heterocycles. The monoisotopic (exact) mass is 299 g/mol. The Hall–Kier alpha value is -1.33. The van der Waals surface area contributed by atoms with Gasteiger partial charge in [0, 0.05) is 23.8 Å². The van der Waals surface area contributed by atoms with Gasteiger partial charge in [0.05, 0.1) is 6.10 Å². The van der Waals surface area contributed by atoms with Crippen molar-refractivity contribution in [3.8, 4) is 0 Å². The molecule has 112 valence electrons. The Morgan fingerprint density at radius 2 is 2.15 bits per heavy atom. The minimum absolute atomic E-state index is 0.133. The Morgan fingerprint density at radius 3 is 2.70 bits per heavy atom. The van der Waals surface area contributed by atoms with Gasteiger partial charge in [0.15, 0.2) is 0 Å². The number of nitrogens with zero attached hydrogens (tertiary/aromatic N) is 1. The highest BCUT2D eigenvalue weighted by atomic mass is 35.5. The summed E-state index contributed by atoms with van der Waals surface area (Å²) in [5, 5.41) is 15.8. The number of rotatable bonds is 5. The van der Waals surface area contributed by atoms with Crippen LogP contribution in [-0.4, -0.2) is 28.8 Å². The first kappa shape index (κ1) is 16.7. The van der Waals surface area contributed by atoms with E-state index in [1.807, 2.05) is 27.7 Å². The zero-order valence-electron chi connectivity index (χ0n) is 12.3. The molecular formula is C14H22ClN3O2. The lowest BCUT2D eigenvalue weighted by Crippen LogP contribution is -2.44. The van der Waals surface area contributed by atoms with Gasteiger partial charge in [-0.25, -0.2) is 9.78 Å². The van der Waals surface area contributed by atoms with E-state index >= 15 is 0 Å². The van der Waals surface area contributed by atoms with Crippen LogP contribution >= 0.6 is 11.6 Å². The van der Waals surface area contributed by atoms with Gasteiger partial charge in [-0.05, 0) is 18.1 Å². The average Bonchev–Trinajstić information content (AvgIpc) is 2.35. The zero-order chi connectivity index (χ0) is 15.3. The molecule has 1 rings (SSSR count). The van der Waals surface area contributed by atoms with Crippen molar-refractivity contribution in [1.29, 1.82) is 0 Å². The minimum atomic E-state index is -0.488. The van der Waals surface area contributed by atoms with Gasteiger partial charge >= 0.3 is 6.03 Å². The summed E-state index contributed by atoms with van der Waals surface area (Å²) in [6.45, 7) is 8.11. The Balaban J connectivity index is 2.51.